The van der Waals surface area contributed by atoms with Crippen LogP contribution in [-0.2, 0) is 11.2 Å². The third-order valence-electron chi connectivity index (χ3n) is 2.81. The highest BCUT2D eigenvalue weighted by molar-refractivity contribution is 5.14. The topological polar surface area (TPSA) is 47.3 Å². The van der Waals surface area contributed by atoms with Gasteiger partial charge >= 0.3 is 0 Å². The Bertz CT molecular complexity index is 319. The molecule has 1 unspecified atom stereocenters. The monoisotopic (exact) mass is 250 g/mol. The number of nitrogens with one attached hydrogen (secondary N) is 1. The molecule has 1 aromatic carbocycles. The van der Waals surface area contributed by atoms with Crippen LogP contribution in [0, 0.1) is 0 Å². The highest BCUT2D eigenvalue weighted by Crippen LogP contribution is 2.10. The van der Waals surface area contributed by atoms with Gasteiger partial charge in [-0.05, 0) is 45.6 Å². The van der Waals surface area contributed by atoms with Crippen molar-refractivity contribution in [1.82, 2.24) is 5.43 Å². The van der Waals surface area contributed by atoms with Crippen LogP contribution >= 0.6 is 0 Å². The van der Waals surface area contributed by atoms with Gasteiger partial charge in [0, 0.05) is 6.04 Å². The van der Waals surface area contributed by atoms with Gasteiger partial charge < -0.3 is 4.74 Å². The fraction of sp³-hybridized carbons (Fsp3) is 0.600. The van der Waals surface area contributed by atoms with Gasteiger partial charge in [0.1, 0.15) is 0 Å². The first-order valence-electron chi connectivity index (χ1n) is 6.65. The van der Waals surface area contributed by atoms with E-state index in [-0.39, 0.29) is 11.6 Å². The zero-order valence-electron chi connectivity index (χ0n) is 11.8. The molecule has 0 radical (unpaired) electrons. The van der Waals surface area contributed by atoms with E-state index in [4.69, 9.17) is 10.6 Å². The molecule has 1 aromatic rings. The summed E-state index contributed by atoms with van der Waals surface area (Å²) in [7, 11) is 0. The van der Waals surface area contributed by atoms with Gasteiger partial charge in [0.05, 0.1) is 12.2 Å². The number of hydrazine groups is 1. The molecule has 3 heteroatoms. The molecule has 0 bridgehead atoms. The molecule has 0 fully saturated rings. The molecule has 1 atom stereocenters. The summed E-state index contributed by atoms with van der Waals surface area (Å²) >= 11 is 0. The fourth-order valence-corrected chi connectivity index (χ4v) is 1.76. The third-order valence-corrected chi connectivity index (χ3v) is 2.81. The second kappa shape index (κ2) is 7.52. The van der Waals surface area contributed by atoms with Crippen LogP contribution < -0.4 is 11.3 Å². The van der Waals surface area contributed by atoms with Crippen LogP contribution in [-0.4, -0.2) is 18.2 Å². The fourth-order valence-electron chi connectivity index (χ4n) is 1.76. The van der Waals surface area contributed by atoms with E-state index in [1.165, 1.54) is 5.56 Å². The van der Waals surface area contributed by atoms with E-state index in [1.807, 2.05) is 6.07 Å². The number of rotatable bonds is 7. The van der Waals surface area contributed by atoms with E-state index in [0.29, 0.717) is 6.61 Å². The Morgan fingerprint density at radius 2 is 1.89 bits per heavy atom. The number of hydrogen-bond donors (Lipinski definition) is 2. The van der Waals surface area contributed by atoms with Crippen molar-refractivity contribution in [2.45, 2.75) is 51.7 Å². The van der Waals surface area contributed by atoms with Crippen LogP contribution in [0.4, 0.5) is 0 Å². The second-order valence-electron chi connectivity index (χ2n) is 5.66. The van der Waals surface area contributed by atoms with Gasteiger partial charge in [-0.1, -0.05) is 30.3 Å². The minimum atomic E-state index is -0.103. The summed E-state index contributed by atoms with van der Waals surface area (Å²) in [4.78, 5) is 0. The van der Waals surface area contributed by atoms with Crippen molar-refractivity contribution < 1.29 is 4.74 Å². The van der Waals surface area contributed by atoms with E-state index < -0.39 is 0 Å². The molecule has 102 valence electrons. The largest absolute Gasteiger partial charge is 0.374 e. The maximum atomic E-state index is 5.74. The Hall–Kier alpha value is -0.900. The first-order chi connectivity index (χ1) is 8.51. The summed E-state index contributed by atoms with van der Waals surface area (Å²) in [5.74, 6) is 5.55. The van der Waals surface area contributed by atoms with Crippen molar-refractivity contribution in [3.63, 3.8) is 0 Å². The van der Waals surface area contributed by atoms with Gasteiger partial charge in [0.2, 0.25) is 0 Å². The molecule has 0 saturated carbocycles. The molecule has 1 rings (SSSR count). The average Bonchev–Trinajstić information content (AvgIpc) is 2.33. The minimum Gasteiger partial charge on any atom is -0.374 e. The molecule has 0 aliphatic rings. The summed E-state index contributed by atoms with van der Waals surface area (Å²) in [6.45, 7) is 6.84. The molecule has 0 aromatic heterocycles. The van der Waals surface area contributed by atoms with E-state index in [9.17, 15) is 0 Å². The smallest absolute Gasteiger partial charge is 0.0640 e. The SMILES string of the molecule is CC(C)(C)OCC(CCCc1ccccc1)NN. The lowest BCUT2D eigenvalue weighted by Crippen LogP contribution is -2.40. The van der Waals surface area contributed by atoms with Crippen molar-refractivity contribution in [2.75, 3.05) is 6.61 Å². The quantitative estimate of drug-likeness (QED) is 0.578. The van der Waals surface area contributed by atoms with Crippen LogP contribution in [0.2, 0.25) is 0 Å². The predicted molar refractivity (Wildman–Crippen MR) is 76.2 cm³/mol. The minimum absolute atomic E-state index is 0.103. The first kappa shape index (κ1) is 15.2. The number of benzene rings is 1. The Kier molecular flexibility index (Phi) is 6.33. The summed E-state index contributed by atoms with van der Waals surface area (Å²) < 4.78 is 5.74. The lowest BCUT2D eigenvalue weighted by Gasteiger charge is -2.24. The van der Waals surface area contributed by atoms with Crippen LogP contribution in [0.15, 0.2) is 30.3 Å². The Morgan fingerprint density at radius 1 is 1.22 bits per heavy atom. The number of ether oxygens (including phenoxy) is 1. The second-order valence-corrected chi connectivity index (χ2v) is 5.66. The molecule has 0 heterocycles. The maximum Gasteiger partial charge on any atom is 0.0640 e. The van der Waals surface area contributed by atoms with Crippen molar-refractivity contribution in [3.05, 3.63) is 35.9 Å². The van der Waals surface area contributed by atoms with Crippen molar-refractivity contribution >= 4 is 0 Å². The molecule has 0 amide bonds. The summed E-state index contributed by atoms with van der Waals surface area (Å²) in [6, 6.07) is 10.8. The summed E-state index contributed by atoms with van der Waals surface area (Å²) in [6.07, 6.45) is 3.24. The molecule has 0 spiro atoms. The van der Waals surface area contributed by atoms with Crippen molar-refractivity contribution in [1.29, 1.82) is 0 Å². The maximum absolute atomic E-state index is 5.74. The van der Waals surface area contributed by atoms with Gasteiger partial charge in [-0.3, -0.25) is 11.3 Å². The molecule has 0 aliphatic heterocycles. The Labute approximate surface area is 111 Å². The van der Waals surface area contributed by atoms with Crippen LogP contribution in [0.5, 0.6) is 0 Å². The van der Waals surface area contributed by atoms with Crippen LogP contribution in [0.1, 0.15) is 39.2 Å². The van der Waals surface area contributed by atoms with Crippen molar-refractivity contribution in [2.24, 2.45) is 5.84 Å². The average molecular weight is 250 g/mol. The van der Waals surface area contributed by atoms with Gasteiger partial charge in [-0.15, -0.1) is 0 Å². The Balaban J connectivity index is 2.23. The third kappa shape index (κ3) is 6.74. The van der Waals surface area contributed by atoms with Gasteiger partial charge in [-0.2, -0.15) is 0 Å². The van der Waals surface area contributed by atoms with Gasteiger partial charge in [0.15, 0.2) is 0 Å². The molecular weight excluding hydrogens is 224 g/mol. The normalized spacial score (nSPS) is 13.6. The standard InChI is InChI=1S/C15H26N2O/c1-15(2,3)18-12-14(17-16)11-7-10-13-8-5-4-6-9-13/h4-6,8-9,14,17H,7,10-12,16H2,1-3H3. The van der Waals surface area contributed by atoms with Gasteiger partial charge in [0.25, 0.3) is 0 Å². The van der Waals surface area contributed by atoms with Gasteiger partial charge in [-0.25, -0.2) is 0 Å². The summed E-state index contributed by atoms with van der Waals surface area (Å²) in [5, 5.41) is 0. The number of hydrogen-bond acceptors (Lipinski definition) is 3. The Morgan fingerprint density at radius 3 is 2.44 bits per heavy atom. The van der Waals surface area contributed by atoms with E-state index >= 15 is 0 Å². The summed E-state index contributed by atoms with van der Waals surface area (Å²) in [5.41, 5.74) is 4.11. The van der Waals surface area contributed by atoms with Crippen LogP contribution in [0.25, 0.3) is 0 Å². The number of nitrogens with two attached hydrogens (primary N) is 1. The van der Waals surface area contributed by atoms with Crippen LogP contribution in [0.3, 0.4) is 0 Å². The van der Waals surface area contributed by atoms with E-state index in [1.54, 1.807) is 0 Å². The zero-order chi connectivity index (χ0) is 13.4. The zero-order valence-corrected chi connectivity index (χ0v) is 11.8. The highest BCUT2D eigenvalue weighted by Gasteiger charge is 2.14. The lowest BCUT2D eigenvalue weighted by atomic mass is 10.1. The molecule has 0 saturated heterocycles. The first-order valence-corrected chi connectivity index (χ1v) is 6.65. The highest BCUT2D eigenvalue weighted by atomic mass is 16.5. The number of aryl methyl sites for hydroxylation is 1. The molecule has 18 heavy (non-hydrogen) atoms. The van der Waals surface area contributed by atoms with Crippen molar-refractivity contribution in [3.8, 4) is 0 Å². The predicted octanol–water partition coefficient (Wildman–Crippen LogP) is 2.66. The molecule has 3 nitrogen and oxygen atoms in total. The van der Waals surface area contributed by atoms with E-state index in [2.05, 4.69) is 50.5 Å². The molecule has 3 N–H and O–H groups in total. The van der Waals surface area contributed by atoms with E-state index in [0.717, 1.165) is 19.3 Å². The molecular formula is C15H26N2O. The lowest BCUT2D eigenvalue weighted by molar-refractivity contribution is -0.0156. The molecule has 0 aliphatic carbocycles.